The zero-order chi connectivity index (χ0) is 17.9. The van der Waals surface area contributed by atoms with Gasteiger partial charge in [0.25, 0.3) is 0 Å². The van der Waals surface area contributed by atoms with Crippen molar-refractivity contribution in [1.82, 2.24) is 9.97 Å². The van der Waals surface area contributed by atoms with Crippen molar-refractivity contribution in [1.29, 1.82) is 0 Å². The molecule has 0 bridgehead atoms. The number of fused-ring (bicyclic) bond motifs is 1. The standard InChI is InChI=1S/C18H19N3O3S/c1-13-4-3-5-14(10-13)24-9-8-19-18-16-11-15(25(2,22)23)6-7-17(16)20-12-21-18/h3-7,10-12H,8-9H2,1-2H3,(H,19,20,21). The van der Waals surface area contributed by atoms with Crippen molar-refractivity contribution in [3.8, 4) is 5.75 Å². The first kappa shape index (κ1) is 17.2. The molecule has 2 aromatic carbocycles. The van der Waals surface area contributed by atoms with E-state index in [0.717, 1.165) is 11.3 Å². The molecule has 0 unspecified atom stereocenters. The summed E-state index contributed by atoms with van der Waals surface area (Å²) in [7, 11) is -3.28. The van der Waals surface area contributed by atoms with Crippen LogP contribution < -0.4 is 10.1 Å². The van der Waals surface area contributed by atoms with Gasteiger partial charge in [0.05, 0.1) is 17.0 Å². The van der Waals surface area contributed by atoms with Crippen molar-refractivity contribution < 1.29 is 13.2 Å². The lowest BCUT2D eigenvalue weighted by Gasteiger charge is -2.10. The van der Waals surface area contributed by atoms with E-state index < -0.39 is 9.84 Å². The summed E-state index contributed by atoms with van der Waals surface area (Å²) in [5.41, 5.74) is 1.82. The smallest absolute Gasteiger partial charge is 0.175 e. The molecule has 3 aromatic rings. The van der Waals surface area contributed by atoms with Gasteiger partial charge < -0.3 is 10.1 Å². The summed E-state index contributed by atoms with van der Waals surface area (Å²) >= 11 is 0. The molecule has 0 saturated carbocycles. The van der Waals surface area contributed by atoms with Crippen LogP contribution in [0.2, 0.25) is 0 Å². The Kier molecular flexibility index (Phi) is 4.85. The predicted molar refractivity (Wildman–Crippen MR) is 97.8 cm³/mol. The lowest BCUT2D eigenvalue weighted by atomic mass is 10.2. The molecule has 25 heavy (non-hydrogen) atoms. The number of ether oxygens (including phenoxy) is 1. The third-order valence-electron chi connectivity index (χ3n) is 3.69. The number of aryl methyl sites for hydroxylation is 1. The van der Waals surface area contributed by atoms with E-state index in [0.29, 0.717) is 29.9 Å². The Labute approximate surface area is 146 Å². The third kappa shape index (κ3) is 4.24. The molecule has 0 aliphatic rings. The molecule has 0 aliphatic heterocycles. The fraction of sp³-hybridized carbons (Fsp3) is 0.222. The van der Waals surface area contributed by atoms with E-state index in [1.165, 1.54) is 12.6 Å². The van der Waals surface area contributed by atoms with Crippen LogP contribution in [0, 0.1) is 6.92 Å². The maximum Gasteiger partial charge on any atom is 0.175 e. The quantitative estimate of drug-likeness (QED) is 0.683. The van der Waals surface area contributed by atoms with Crippen LogP contribution in [0.3, 0.4) is 0 Å². The molecule has 1 aromatic heterocycles. The van der Waals surface area contributed by atoms with Crippen molar-refractivity contribution >= 4 is 26.6 Å². The highest BCUT2D eigenvalue weighted by Gasteiger charge is 2.10. The zero-order valence-corrected chi connectivity index (χ0v) is 14.9. The van der Waals surface area contributed by atoms with Gasteiger partial charge in [-0.15, -0.1) is 0 Å². The first-order valence-corrected chi connectivity index (χ1v) is 9.71. The van der Waals surface area contributed by atoms with Gasteiger partial charge in [-0.2, -0.15) is 0 Å². The fourth-order valence-electron chi connectivity index (χ4n) is 2.45. The molecule has 3 rings (SSSR count). The Morgan fingerprint density at radius 2 is 1.96 bits per heavy atom. The average Bonchev–Trinajstić information content (AvgIpc) is 2.57. The van der Waals surface area contributed by atoms with Gasteiger partial charge in [0.15, 0.2) is 9.84 Å². The summed E-state index contributed by atoms with van der Waals surface area (Å²) in [6, 6.07) is 12.7. The van der Waals surface area contributed by atoms with Gasteiger partial charge in [-0.1, -0.05) is 12.1 Å². The topological polar surface area (TPSA) is 81.2 Å². The zero-order valence-electron chi connectivity index (χ0n) is 14.1. The number of sulfone groups is 1. The van der Waals surface area contributed by atoms with Crippen LogP contribution in [-0.2, 0) is 9.84 Å². The highest BCUT2D eigenvalue weighted by atomic mass is 32.2. The van der Waals surface area contributed by atoms with Crippen molar-refractivity contribution in [3.63, 3.8) is 0 Å². The molecule has 0 fully saturated rings. The van der Waals surface area contributed by atoms with Crippen LogP contribution in [-0.4, -0.2) is 37.8 Å². The van der Waals surface area contributed by atoms with E-state index >= 15 is 0 Å². The molecule has 0 atom stereocenters. The Morgan fingerprint density at radius 3 is 2.72 bits per heavy atom. The number of hydrogen-bond acceptors (Lipinski definition) is 6. The molecule has 1 heterocycles. The van der Waals surface area contributed by atoms with Crippen molar-refractivity contribution in [2.75, 3.05) is 24.7 Å². The summed E-state index contributed by atoms with van der Waals surface area (Å²) in [4.78, 5) is 8.63. The van der Waals surface area contributed by atoms with Gasteiger partial charge >= 0.3 is 0 Å². The molecular formula is C18H19N3O3S. The van der Waals surface area contributed by atoms with Gasteiger partial charge in [0.2, 0.25) is 0 Å². The molecule has 7 heteroatoms. The second-order valence-electron chi connectivity index (χ2n) is 5.77. The average molecular weight is 357 g/mol. The summed E-state index contributed by atoms with van der Waals surface area (Å²) < 4.78 is 29.2. The van der Waals surface area contributed by atoms with Crippen LogP contribution in [0.1, 0.15) is 5.56 Å². The molecule has 0 amide bonds. The highest BCUT2D eigenvalue weighted by molar-refractivity contribution is 7.90. The first-order chi connectivity index (χ1) is 11.9. The molecule has 0 saturated heterocycles. The molecule has 0 radical (unpaired) electrons. The third-order valence-corrected chi connectivity index (χ3v) is 4.80. The van der Waals surface area contributed by atoms with E-state index in [1.54, 1.807) is 18.2 Å². The number of hydrogen-bond donors (Lipinski definition) is 1. The molecule has 130 valence electrons. The minimum atomic E-state index is -3.28. The lowest BCUT2D eigenvalue weighted by molar-refractivity contribution is 0.332. The highest BCUT2D eigenvalue weighted by Crippen LogP contribution is 2.22. The summed E-state index contributed by atoms with van der Waals surface area (Å²) in [5, 5.41) is 3.85. The minimum Gasteiger partial charge on any atom is -0.492 e. The molecule has 0 aliphatic carbocycles. The number of nitrogens with zero attached hydrogens (tertiary/aromatic N) is 2. The van der Waals surface area contributed by atoms with Crippen LogP contribution in [0.4, 0.5) is 5.82 Å². The lowest BCUT2D eigenvalue weighted by Crippen LogP contribution is -2.13. The van der Waals surface area contributed by atoms with Gasteiger partial charge in [0.1, 0.15) is 24.5 Å². The summed E-state index contributed by atoms with van der Waals surface area (Å²) in [6.45, 7) is 3.00. The maximum atomic E-state index is 11.8. The SMILES string of the molecule is Cc1cccc(OCCNc2ncnc3ccc(S(C)(=O)=O)cc23)c1. The normalized spacial score (nSPS) is 11.4. The Bertz CT molecular complexity index is 1000. The summed E-state index contributed by atoms with van der Waals surface area (Å²) in [5.74, 6) is 1.40. The van der Waals surface area contributed by atoms with E-state index in [1.807, 2.05) is 31.2 Å². The molecule has 6 nitrogen and oxygen atoms in total. The molecular weight excluding hydrogens is 338 g/mol. The largest absolute Gasteiger partial charge is 0.492 e. The number of benzene rings is 2. The van der Waals surface area contributed by atoms with Crippen LogP contribution >= 0.6 is 0 Å². The van der Waals surface area contributed by atoms with E-state index in [-0.39, 0.29) is 4.90 Å². The number of anilines is 1. The molecule has 0 spiro atoms. The van der Waals surface area contributed by atoms with E-state index in [9.17, 15) is 8.42 Å². The molecule has 1 N–H and O–H groups in total. The van der Waals surface area contributed by atoms with E-state index in [4.69, 9.17) is 4.74 Å². The number of aromatic nitrogens is 2. The van der Waals surface area contributed by atoms with Crippen LogP contribution in [0.15, 0.2) is 53.7 Å². The Hall–Kier alpha value is -2.67. The Morgan fingerprint density at radius 1 is 1.12 bits per heavy atom. The van der Waals surface area contributed by atoms with Crippen molar-refractivity contribution in [3.05, 3.63) is 54.4 Å². The van der Waals surface area contributed by atoms with Crippen LogP contribution in [0.25, 0.3) is 10.9 Å². The monoisotopic (exact) mass is 357 g/mol. The van der Waals surface area contributed by atoms with E-state index in [2.05, 4.69) is 15.3 Å². The van der Waals surface area contributed by atoms with Crippen molar-refractivity contribution in [2.45, 2.75) is 11.8 Å². The van der Waals surface area contributed by atoms with Gasteiger partial charge in [-0.25, -0.2) is 18.4 Å². The minimum absolute atomic E-state index is 0.244. The van der Waals surface area contributed by atoms with Gasteiger partial charge in [-0.05, 0) is 42.8 Å². The predicted octanol–water partition coefficient (Wildman–Crippen LogP) is 2.83. The second kappa shape index (κ2) is 7.06. The van der Waals surface area contributed by atoms with Crippen LogP contribution in [0.5, 0.6) is 5.75 Å². The number of rotatable bonds is 6. The maximum absolute atomic E-state index is 11.8. The second-order valence-corrected chi connectivity index (χ2v) is 7.78. The van der Waals surface area contributed by atoms with Gasteiger partial charge in [-0.3, -0.25) is 0 Å². The fourth-order valence-corrected chi connectivity index (χ4v) is 3.10. The number of nitrogens with one attached hydrogen (secondary N) is 1. The Balaban J connectivity index is 1.72. The van der Waals surface area contributed by atoms with Crippen molar-refractivity contribution in [2.24, 2.45) is 0 Å². The van der Waals surface area contributed by atoms with Gasteiger partial charge in [0, 0.05) is 11.6 Å². The first-order valence-electron chi connectivity index (χ1n) is 7.82. The summed E-state index contributed by atoms with van der Waals surface area (Å²) in [6.07, 6.45) is 2.63.